The summed E-state index contributed by atoms with van der Waals surface area (Å²) in [5.41, 5.74) is 9.37. The maximum Gasteiger partial charge on any atom is 0.158 e. The van der Waals surface area contributed by atoms with Crippen LogP contribution in [0.15, 0.2) is 30.6 Å². The van der Waals surface area contributed by atoms with Crippen LogP contribution in [0.2, 0.25) is 0 Å². The van der Waals surface area contributed by atoms with Crippen molar-refractivity contribution in [3.63, 3.8) is 0 Å². The van der Waals surface area contributed by atoms with E-state index in [-0.39, 0.29) is 12.2 Å². The smallest absolute Gasteiger partial charge is 0.158 e. The van der Waals surface area contributed by atoms with Gasteiger partial charge in [-0.15, -0.1) is 0 Å². The largest absolute Gasteiger partial charge is 0.496 e. The van der Waals surface area contributed by atoms with Gasteiger partial charge in [0.2, 0.25) is 0 Å². The van der Waals surface area contributed by atoms with Crippen LogP contribution in [0.1, 0.15) is 54.6 Å². The third-order valence-electron chi connectivity index (χ3n) is 5.78. The quantitative estimate of drug-likeness (QED) is 0.713. The molecule has 0 radical (unpaired) electrons. The van der Waals surface area contributed by atoms with Crippen molar-refractivity contribution in [2.75, 3.05) is 26.0 Å². The highest BCUT2D eigenvalue weighted by molar-refractivity contribution is 5.42. The van der Waals surface area contributed by atoms with E-state index in [0.717, 1.165) is 24.3 Å². The summed E-state index contributed by atoms with van der Waals surface area (Å²) in [4.78, 5) is 10.7. The van der Waals surface area contributed by atoms with Crippen LogP contribution in [0.25, 0.3) is 0 Å². The predicted molar refractivity (Wildman–Crippen MR) is 110 cm³/mol. The highest BCUT2D eigenvalue weighted by Crippen LogP contribution is 2.36. The van der Waals surface area contributed by atoms with E-state index in [4.69, 9.17) is 10.00 Å². The van der Waals surface area contributed by atoms with E-state index in [1.54, 1.807) is 13.3 Å². The molecule has 8 heteroatoms. The molecule has 2 aromatic rings. The summed E-state index contributed by atoms with van der Waals surface area (Å²) in [6, 6.07) is 9.16. The molecule has 4 rings (SSSR count). The van der Waals surface area contributed by atoms with Crippen molar-refractivity contribution >= 4 is 5.82 Å². The number of hydrazine groups is 1. The fraction of sp³-hybridized carbons (Fsp3) is 0.476. The highest BCUT2D eigenvalue weighted by atomic mass is 16.5. The second-order valence-corrected chi connectivity index (χ2v) is 7.67. The van der Waals surface area contributed by atoms with Gasteiger partial charge in [-0.3, -0.25) is 4.90 Å². The van der Waals surface area contributed by atoms with Crippen molar-refractivity contribution in [2.45, 2.75) is 43.9 Å². The molecular formula is C21H27N7O. The fourth-order valence-electron chi connectivity index (χ4n) is 4.21. The van der Waals surface area contributed by atoms with Gasteiger partial charge in [0.25, 0.3) is 0 Å². The molecule has 0 bridgehead atoms. The van der Waals surface area contributed by atoms with Crippen LogP contribution >= 0.6 is 0 Å². The zero-order chi connectivity index (χ0) is 20.2. The Balaban J connectivity index is 1.44. The SMILES string of the molecule is COc1cc(C2CCCCN2C)ccc1C1CC(Nc2cnc(C#N)cn2)NN1. The van der Waals surface area contributed by atoms with Gasteiger partial charge in [0, 0.05) is 18.0 Å². The first-order valence-electron chi connectivity index (χ1n) is 10.1. The van der Waals surface area contributed by atoms with Gasteiger partial charge < -0.3 is 10.1 Å². The van der Waals surface area contributed by atoms with E-state index in [9.17, 15) is 0 Å². The molecule has 0 aliphatic carbocycles. The lowest BCUT2D eigenvalue weighted by atomic mass is 9.93. The number of hydrogen-bond donors (Lipinski definition) is 3. The lowest BCUT2D eigenvalue weighted by molar-refractivity contribution is 0.187. The number of piperidine rings is 1. The molecular weight excluding hydrogens is 366 g/mol. The number of rotatable bonds is 5. The molecule has 3 N–H and O–H groups in total. The molecule has 3 heterocycles. The maximum atomic E-state index is 8.83. The zero-order valence-corrected chi connectivity index (χ0v) is 16.9. The van der Waals surface area contributed by atoms with Crippen LogP contribution in [-0.4, -0.2) is 41.7 Å². The molecule has 0 amide bonds. The number of ether oxygens (including phenoxy) is 1. The third kappa shape index (κ3) is 4.32. The van der Waals surface area contributed by atoms with Crippen LogP contribution in [0.4, 0.5) is 5.82 Å². The molecule has 0 saturated carbocycles. The summed E-state index contributed by atoms with van der Waals surface area (Å²) in [7, 11) is 3.94. The number of benzene rings is 1. The molecule has 2 saturated heterocycles. The van der Waals surface area contributed by atoms with Crippen LogP contribution < -0.4 is 20.9 Å². The number of likely N-dealkylation sites (tertiary alicyclic amines) is 1. The van der Waals surface area contributed by atoms with Gasteiger partial charge in [-0.1, -0.05) is 18.6 Å². The van der Waals surface area contributed by atoms with Crippen molar-refractivity contribution < 1.29 is 4.74 Å². The minimum atomic E-state index is -0.00361. The first-order chi connectivity index (χ1) is 14.2. The lowest BCUT2D eigenvalue weighted by Gasteiger charge is -2.33. The van der Waals surface area contributed by atoms with Crippen molar-refractivity contribution in [2.24, 2.45) is 0 Å². The second kappa shape index (κ2) is 8.74. The van der Waals surface area contributed by atoms with E-state index in [0.29, 0.717) is 17.6 Å². The summed E-state index contributed by atoms with van der Waals surface area (Å²) in [5.74, 6) is 1.55. The minimum Gasteiger partial charge on any atom is -0.496 e. The minimum absolute atomic E-state index is 0.00361. The van der Waals surface area contributed by atoms with Gasteiger partial charge in [-0.25, -0.2) is 20.8 Å². The lowest BCUT2D eigenvalue weighted by Crippen LogP contribution is -2.36. The Bertz CT molecular complexity index is 880. The van der Waals surface area contributed by atoms with Gasteiger partial charge >= 0.3 is 0 Å². The molecule has 3 atom stereocenters. The Labute approximate surface area is 171 Å². The van der Waals surface area contributed by atoms with Gasteiger partial charge in [-0.2, -0.15) is 5.26 Å². The standard InChI is InChI=1S/C21H27N7O/c1-28-8-4-3-5-18(28)14-6-7-16(19(9-14)29-2)17-10-20(27-26-17)25-21-13-23-15(11-22)12-24-21/h6-7,9,12-13,17-18,20,26-27H,3-5,8,10H2,1-2H3,(H,24,25). The third-order valence-corrected chi connectivity index (χ3v) is 5.78. The molecule has 2 fully saturated rings. The van der Waals surface area contributed by atoms with Crippen molar-refractivity contribution in [1.29, 1.82) is 5.26 Å². The molecule has 1 aromatic heterocycles. The van der Waals surface area contributed by atoms with Crippen molar-refractivity contribution in [3.8, 4) is 11.8 Å². The highest BCUT2D eigenvalue weighted by Gasteiger charge is 2.28. The van der Waals surface area contributed by atoms with Gasteiger partial charge in [0.15, 0.2) is 5.69 Å². The van der Waals surface area contributed by atoms with E-state index in [2.05, 4.69) is 56.3 Å². The summed E-state index contributed by atoms with van der Waals surface area (Å²) in [5, 5.41) is 12.1. The normalized spacial score (nSPS) is 24.8. The summed E-state index contributed by atoms with van der Waals surface area (Å²) < 4.78 is 5.74. The fourth-order valence-corrected chi connectivity index (χ4v) is 4.21. The molecule has 2 aliphatic rings. The van der Waals surface area contributed by atoms with Crippen molar-refractivity contribution in [1.82, 2.24) is 25.7 Å². The van der Waals surface area contributed by atoms with Gasteiger partial charge in [0.05, 0.1) is 31.7 Å². The van der Waals surface area contributed by atoms with E-state index in [1.165, 1.54) is 31.0 Å². The van der Waals surface area contributed by atoms with Crippen LogP contribution in [-0.2, 0) is 0 Å². The average Bonchev–Trinajstić information content (AvgIpc) is 3.22. The number of methoxy groups -OCH3 is 1. The Morgan fingerprint density at radius 2 is 2.14 bits per heavy atom. The summed E-state index contributed by atoms with van der Waals surface area (Å²) >= 11 is 0. The first-order valence-corrected chi connectivity index (χ1v) is 10.1. The summed E-state index contributed by atoms with van der Waals surface area (Å²) in [6.45, 7) is 1.15. The second-order valence-electron chi connectivity index (χ2n) is 7.67. The van der Waals surface area contributed by atoms with Gasteiger partial charge in [-0.05, 0) is 38.1 Å². The Kier molecular flexibility index (Phi) is 5.90. The number of nitriles is 1. The monoisotopic (exact) mass is 393 g/mol. The average molecular weight is 393 g/mol. The zero-order valence-electron chi connectivity index (χ0n) is 16.9. The molecule has 2 aliphatic heterocycles. The summed E-state index contributed by atoms with van der Waals surface area (Å²) in [6.07, 6.45) is 7.60. The predicted octanol–water partition coefficient (Wildman–Crippen LogP) is 2.49. The van der Waals surface area contributed by atoms with Crippen LogP contribution in [0.5, 0.6) is 5.75 Å². The molecule has 1 aromatic carbocycles. The maximum absolute atomic E-state index is 8.83. The molecule has 3 unspecified atom stereocenters. The number of anilines is 1. The van der Waals surface area contributed by atoms with Crippen molar-refractivity contribution in [3.05, 3.63) is 47.4 Å². The Morgan fingerprint density at radius 1 is 1.24 bits per heavy atom. The Hall–Kier alpha value is -2.73. The Morgan fingerprint density at radius 3 is 2.86 bits per heavy atom. The molecule has 29 heavy (non-hydrogen) atoms. The molecule has 152 valence electrons. The topological polar surface area (TPSA) is 98.1 Å². The van der Waals surface area contributed by atoms with Crippen LogP contribution in [0.3, 0.4) is 0 Å². The van der Waals surface area contributed by atoms with E-state index >= 15 is 0 Å². The number of nitrogens with one attached hydrogen (secondary N) is 3. The molecule has 0 spiro atoms. The number of nitrogens with zero attached hydrogens (tertiary/aromatic N) is 4. The van der Waals surface area contributed by atoms with Crippen LogP contribution in [0, 0.1) is 11.3 Å². The number of hydrogen-bond acceptors (Lipinski definition) is 8. The van der Waals surface area contributed by atoms with E-state index in [1.807, 2.05) is 6.07 Å². The first kappa shape index (κ1) is 19.6. The van der Waals surface area contributed by atoms with E-state index < -0.39 is 0 Å². The number of aromatic nitrogens is 2. The van der Waals surface area contributed by atoms with Gasteiger partial charge in [0.1, 0.15) is 17.6 Å². The molecule has 8 nitrogen and oxygen atoms in total.